The standard InChI is InChI=1S/C3H7B2Cl2N/c1-8-4(6)2-3-5(8)7/h2-3H2,1H3. The summed E-state index contributed by atoms with van der Waals surface area (Å²) in [7, 11) is 1.95. The molecule has 0 N–H and O–H groups in total. The molecular formula is C3H7B2Cl2N. The van der Waals surface area contributed by atoms with Crippen LogP contribution in [0.25, 0.3) is 0 Å². The number of hydrogen-bond acceptors (Lipinski definition) is 1. The van der Waals surface area contributed by atoms with Crippen LogP contribution < -0.4 is 0 Å². The molecule has 44 valence electrons. The van der Waals surface area contributed by atoms with Crippen LogP contribution in [0, 0.1) is 0 Å². The Balaban J connectivity index is 2.44. The second-order valence-electron chi connectivity index (χ2n) is 2.11. The van der Waals surface area contributed by atoms with Crippen LogP contribution in [0.3, 0.4) is 0 Å². The first-order valence-corrected chi connectivity index (χ1v) is 3.59. The van der Waals surface area contributed by atoms with Gasteiger partial charge in [-0.3, -0.25) is 0 Å². The minimum atomic E-state index is 0.164. The van der Waals surface area contributed by atoms with Crippen molar-refractivity contribution in [1.82, 2.24) is 4.72 Å². The van der Waals surface area contributed by atoms with Gasteiger partial charge in [0.1, 0.15) is 0 Å². The second-order valence-corrected chi connectivity index (χ2v) is 3.12. The molecule has 1 fully saturated rings. The summed E-state index contributed by atoms with van der Waals surface area (Å²) >= 11 is 11.6. The summed E-state index contributed by atoms with van der Waals surface area (Å²) in [5.74, 6) is 0. The Morgan fingerprint density at radius 2 is 1.62 bits per heavy atom. The van der Waals surface area contributed by atoms with E-state index in [1.54, 1.807) is 0 Å². The molecule has 1 aliphatic rings. The van der Waals surface area contributed by atoms with E-state index in [0.717, 1.165) is 12.6 Å². The fourth-order valence-electron chi connectivity index (χ4n) is 0.858. The molecule has 0 aliphatic carbocycles. The maximum Gasteiger partial charge on any atom is 0.320 e. The van der Waals surface area contributed by atoms with Crippen molar-refractivity contribution in [3.63, 3.8) is 0 Å². The first kappa shape index (κ1) is 6.79. The quantitative estimate of drug-likeness (QED) is 0.471. The van der Waals surface area contributed by atoms with Crippen LogP contribution in [-0.2, 0) is 0 Å². The molecule has 5 heteroatoms. The molecule has 8 heavy (non-hydrogen) atoms. The van der Waals surface area contributed by atoms with Crippen molar-refractivity contribution in [2.75, 3.05) is 7.05 Å². The van der Waals surface area contributed by atoms with Crippen LogP contribution >= 0.6 is 22.9 Å². The number of nitrogens with zero attached hydrogens (tertiary/aromatic N) is 1. The zero-order valence-corrected chi connectivity index (χ0v) is 6.28. The summed E-state index contributed by atoms with van der Waals surface area (Å²) in [6, 6.07) is 0. The van der Waals surface area contributed by atoms with E-state index in [0.29, 0.717) is 0 Å². The largest absolute Gasteiger partial charge is 0.359 e. The summed E-state index contributed by atoms with van der Waals surface area (Å²) in [6.07, 6.45) is 2.37. The molecule has 0 atom stereocenters. The molecule has 0 bridgehead atoms. The maximum atomic E-state index is 5.80. The van der Waals surface area contributed by atoms with Crippen molar-refractivity contribution >= 4 is 35.4 Å². The zero-order chi connectivity index (χ0) is 6.15. The minimum Gasteiger partial charge on any atom is -0.359 e. The molecule has 1 nitrogen and oxygen atoms in total. The van der Waals surface area contributed by atoms with Gasteiger partial charge in [0.15, 0.2) is 0 Å². The van der Waals surface area contributed by atoms with Crippen LogP contribution in [0.1, 0.15) is 0 Å². The van der Waals surface area contributed by atoms with Gasteiger partial charge in [-0.2, -0.15) is 22.9 Å². The van der Waals surface area contributed by atoms with E-state index in [-0.39, 0.29) is 12.5 Å². The van der Waals surface area contributed by atoms with Gasteiger partial charge < -0.3 is 4.72 Å². The molecule has 0 aromatic carbocycles. The van der Waals surface area contributed by atoms with Crippen LogP contribution in [-0.4, -0.2) is 24.3 Å². The van der Waals surface area contributed by atoms with Gasteiger partial charge >= 0.3 is 12.5 Å². The molecule has 0 radical (unpaired) electrons. The third-order valence-electron chi connectivity index (χ3n) is 1.53. The number of rotatable bonds is 0. The van der Waals surface area contributed by atoms with Gasteiger partial charge in [0.05, 0.1) is 0 Å². The molecular weight excluding hydrogens is 143 g/mol. The number of hydrogen-bond donors (Lipinski definition) is 0. The summed E-state index contributed by atoms with van der Waals surface area (Å²) in [4.78, 5) is 0. The SMILES string of the molecule is CN1B(Cl)CCB1Cl. The van der Waals surface area contributed by atoms with Gasteiger partial charge in [-0.15, -0.1) is 0 Å². The Morgan fingerprint density at radius 1 is 1.25 bits per heavy atom. The predicted molar refractivity (Wildman–Crippen MR) is 40.6 cm³/mol. The molecule has 1 aliphatic heterocycles. The molecule has 1 heterocycles. The highest BCUT2D eigenvalue weighted by Gasteiger charge is 2.33. The van der Waals surface area contributed by atoms with Gasteiger partial charge in [-0.05, 0) is 19.7 Å². The minimum absolute atomic E-state index is 0.164. The fraction of sp³-hybridized carbons (Fsp3) is 1.00. The average Bonchev–Trinajstić information content (AvgIpc) is 1.98. The van der Waals surface area contributed by atoms with Crippen molar-refractivity contribution in [2.45, 2.75) is 12.6 Å². The lowest BCUT2D eigenvalue weighted by atomic mass is 9.89. The smallest absolute Gasteiger partial charge is 0.320 e. The van der Waals surface area contributed by atoms with E-state index in [1.165, 1.54) is 0 Å². The highest BCUT2D eigenvalue weighted by Crippen LogP contribution is 2.22. The molecule has 0 aromatic rings. The van der Waals surface area contributed by atoms with E-state index >= 15 is 0 Å². The Kier molecular flexibility index (Phi) is 2.13. The normalized spacial score (nSPS) is 22.9. The Labute approximate surface area is 60.4 Å². The van der Waals surface area contributed by atoms with E-state index in [4.69, 9.17) is 22.9 Å². The fourth-order valence-corrected chi connectivity index (χ4v) is 1.44. The second kappa shape index (κ2) is 2.51. The molecule has 0 unspecified atom stereocenters. The van der Waals surface area contributed by atoms with E-state index in [2.05, 4.69) is 0 Å². The summed E-state index contributed by atoms with van der Waals surface area (Å²) < 4.78 is 1.98. The Bertz CT molecular complexity index is 81.4. The van der Waals surface area contributed by atoms with Gasteiger partial charge in [-0.25, -0.2) is 0 Å². The molecule has 0 aromatic heterocycles. The van der Waals surface area contributed by atoms with Crippen molar-refractivity contribution in [3.05, 3.63) is 0 Å². The summed E-state index contributed by atoms with van der Waals surface area (Å²) in [6.45, 7) is 0. The van der Waals surface area contributed by atoms with Crippen LogP contribution in [0.2, 0.25) is 12.6 Å². The number of halogens is 2. The van der Waals surface area contributed by atoms with Gasteiger partial charge in [0, 0.05) is 0 Å². The van der Waals surface area contributed by atoms with E-state index in [9.17, 15) is 0 Å². The van der Waals surface area contributed by atoms with Gasteiger partial charge in [-0.1, -0.05) is 0 Å². The van der Waals surface area contributed by atoms with E-state index in [1.807, 2.05) is 11.8 Å². The molecule has 1 rings (SSSR count). The van der Waals surface area contributed by atoms with E-state index < -0.39 is 0 Å². The lowest BCUT2D eigenvalue weighted by molar-refractivity contribution is 0.853. The highest BCUT2D eigenvalue weighted by molar-refractivity contribution is 7.19. The van der Waals surface area contributed by atoms with Crippen LogP contribution in [0.15, 0.2) is 0 Å². The molecule has 0 saturated carbocycles. The third-order valence-corrected chi connectivity index (χ3v) is 2.58. The van der Waals surface area contributed by atoms with Crippen molar-refractivity contribution in [2.24, 2.45) is 0 Å². The first-order chi connectivity index (χ1) is 3.72. The molecule has 0 spiro atoms. The zero-order valence-electron chi connectivity index (χ0n) is 4.77. The molecule has 1 saturated heterocycles. The van der Waals surface area contributed by atoms with Gasteiger partial charge in [0.25, 0.3) is 0 Å². The predicted octanol–water partition coefficient (Wildman–Crippen LogP) is 1.39. The Hall–Kier alpha value is 0.670. The maximum absolute atomic E-state index is 5.80. The monoisotopic (exact) mass is 149 g/mol. The topological polar surface area (TPSA) is 3.24 Å². The lowest BCUT2D eigenvalue weighted by Gasteiger charge is -2.10. The Morgan fingerprint density at radius 3 is 1.75 bits per heavy atom. The van der Waals surface area contributed by atoms with Crippen LogP contribution in [0.4, 0.5) is 0 Å². The average molecular weight is 150 g/mol. The van der Waals surface area contributed by atoms with Crippen LogP contribution in [0.5, 0.6) is 0 Å². The summed E-state index contributed by atoms with van der Waals surface area (Å²) in [5.41, 5.74) is 0. The summed E-state index contributed by atoms with van der Waals surface area (Å²) in [5, 5.41) is 0. The highest BCUT2D eigenvalue weighted by atomic mass is 35.5. The lowest BCUT2D eigenvalue weighted by Crippen LogP contribution is -2.31. The first-order valence-electron chi connectivity index (χ1n) is 2.72. The van der Waals surface area contributed by atoms with Crippen molar-refractivity contribution < 1.29 is 0 Å². The van der Waals surface area contributed by atoms with Crippen molar-refractivity contribution in [3.8, 4) is 0 Å². The third kappa shape index (κ3) is 1.15. The van der Waals surface area contributed by atoms with Gasteiger partial charge in [0.2, 0.25) is 0 Å². The molecule has 0 amide bonds. The van der Waals surface area contributed by atoms with Crippen molar-refractivity contribution in [1.29, 1.82) is 0 Å².